The van der Waals surface area contributed by atoms with Gasteiger partial charge >= 0.3 is 11.8 Å². The van der Waals surface area contributed by atoms with Crippen LogP contribution in [0.25, 0.3) is 11.4 Å². The molecule has 1 fully saturated rings. The maximum Gasteiger partial charge on any atom is 0.315 e. The third kappa shape index (κ3) is 4.97. The zero-order chi connectivity index (χ0) is 22.9. The van der Waals surface area contributed by atoms with E-state index in [4.69, 9.17) is 16.1 Å². The topological polar surface area (TPSA) is 114 Å². The molecular weight excluding hydrogens is 452 g/mol. The number of benzene rings is 1. The summed E-state index contributed by atoms with van der Waals surface area (Å²) in [5.74, 6) is -0.562. The Balaban J connectivity index is 1.40. The molecular formula is C21H23ClN6O3S. The SMILES string of the molecule is CC(C)(C)c1nnc(NC(=O)C(=O)N2CCCC(c3nc(-c4ccc(Cl)cc4)no3)C2)s1. The molecule has 4 rings (SSSR count). The van der Waals surface area contributed by atoms with Gasteiger partial charge in [-0.3, -0.25) is 14.9 Å². The van der Waals surface area contributed by atoms with Gasteiger partial charge in [-0.05, 0) is 37.1 Å². The van der Waals surface area contributed by atoms with Gasteiger partial charge < -0.3 is 9.42 Å². The van der Waals surface area contributed by atoms with E-state index in [1.54, 1.807) is 12.1 Å². The van der Waals surface area contributed by atoms with Crippen LogP contribution in [0.4, 0.5) is 5.13 Å². The molecule has 1 N–H and O–H groups in total. The Labute approximate surface area is 194 Å². The Morgan fingerprint density at radius 1 is 1.22 bits per heavy atom. The molecule has 1 saturated heterocycles. The smallest absolute Gasteiger partial charge is 0.315 e. The largest absolute Gasteiger partial charge is 0.339 e. The normalized spacial score (nSPS) is 16.8. The van der Waals surface area contributed by atoms with Crippen molar-refractivity contribution in [3.8, 4) is 11.4 Å². The van der Waals surface area contributed by atoms with E-state index in [1.807, 2.05) is 32.9 Å². The first-order chi connectivity index (χ1) is 15.2. The molecule has 0 aliphatic carbocycles. The summed E-state index contributed by atoms with van der Waals surface area (Å²) in [5.41, 5.74) is 0.610. The zero-order valence-corrected chi connectivity index (χ0v) is 19.5. The van der Waals surface area contributed by atoms with Gasteiger partial charge in [-0.15, -0.1) is 10.2 Å². The second kappa shape index (κ2) is 8.95. The van der Waals surface area contributed by atoms with Crippen LogP contribution >= 0.6 is 22.9 Å². The Morgan fingerprint density at radius 3 is 2.66 bits per heavy atom. The van der Waals surface area contributed by atoms with Gasteiger partial charge in [0.25, 0.3) is 0 Å². The van der Waals surface area contributed by atoms with Crippen molar-refractivity contribution >= 4 is 39.9 Å². The number of carbonyl (C=O) groups excluding carboxylic acids is 2. The number of hydrogen-bond donors (Lipinski definition) is 1. The summed E-state index contributed by atoms with van der Waals surface area (Å²) in [6, 6.07) is 7.15. The third-order valence-electron chi connectivity index (χ3n) is 5.08. The molecule has 1 unspecified atom stereocenters. The zero-order valence-electron chi connectivity index (χ0n) is 18.0. The molecule has 11 heteroatoms. The number of piperidine rings is 1. The summed E-state index contributed by atoms with van der Waals surface area (Å²) >= 11 is 7.19. The van der Waals surface area contributed by atoms with Crippen molar-refractivity contribution in [2.24, 2.45) is 0 Å². The lowest BCUT2D eigenvalue weighted by Crippen LogP contribution is -2.44. The minimum atomic E-state index is -0.727. The fraction of sp³-hybridized carbons (Fsp3) is 0.429. The van der Waals surface area contributed by atoms with Gasteiger partial charge in [0.1, 0.15) is 5.01 Å². The number of likely N-dealkylation sites (tertiary alicyclic amines) is 1. The monoisotopic (exact) mass is 474 g/mol. The highest BCUT2D eigenvalue weighted by Gasteiger charge is 2.32. The molecule has 0 bridgehead atoms. The van der Waals surface area contributed by atoms with Gasteiger partial charge in [0.2, 0.25) is 16.8 Å². The molecule has 9 nitrogen and oxygen atoms in total. The van der Waals surface area contributed by atoms with E-state index in [1.165, 1.54) is 16.2 Å². The lowest BCUT2D eigenvalue weighted by Gasteiger charge is -2.30. The highest BCUT2D eigenvalue weighted by atomic mass is 35.5. The Hall–Kier alpha value is -2.85. The first-order valence-corrected chi connectivity index (χ1v) is 11.4. The molecule has 1 atom stereocenters. The lowest BCUT2D eigenvalue weighted by molar-refractivity contribution is -0.144. The summed E-state index contributed by atoms with van der Waals surface area (Å²) in [6.07, 6.45) is 1.52. The van der Waals surface area contributed by atoms with Crippen molar-refractivity contribution in [1.29, 1.82) is 0 Å². The van der Waals surface area contributed by atoms with Crippen molar-refractivity contribution in [3.05, 3.63) is 40.2 Å². The van der Waals surface area contributed by atoms with Crippen molar-refractivity contribution in [3.63, 3.8) is 0 Å². The highest BCUT2D eigenvalue weighted by molar-refractivity contribution is 7.15. The van der Waals surface area contributed by atoms with E-state index in [0.29, 0.717) is 35.0 Å². The van der Waals surface area contributed by atoms with Crippen molar-refractivity contribution < 1.29 is 14.1 Å². The maximum atomic E-state index is 12.7. The van der Waals surface area contributed by atoms with Gasteiger partial charge in [-0.2, -0.15) is 4.98 Å². The number of rotatable bonds is 3. The Bertz CT molecular complexity index is 1120. The Morgan fingerprint density at radius 2 is 1.97 bits per heavy atom. The van der Waals surface area contributed by atoms with Crippen LogP contribution in [0.5, 0.6) is 0 Å². The minimum absolute atomic E-state index is 0.136. The average molecular weight is 475 g/mol. The molecule has 2 amide bonds. The summed E-state index contributed by atoms with van der Waals surface area (Å²) in [6.45, 7) is 6.85. The van der Waals surface area contributed by atoms with E-state index in [0.717, 1.165) is 23.4 Å². The second-order valence-electron chi connectivity index (χ2n) is 8.67. The number of anilines is 1. The number of nitrogens with zero attached hydrogens (tertiary/aromatic N) is 5. The molecule has 1 aromatic carbocycles. The highest BCUT2D eigenvalue weighted by Crippen LogP contribution is 2.29. The van der Waals surface area contributed by atoms with Crippen LogP contribution in [0.3, 0.4) is 0 Å². The molecule has 32 heavy (non-hydrogen) atoms. The first-order valence-electron chi connectivity index (χ1n) is 10.2. The predicted molar refractivity (Wildman–Crippen MR) is 121 cm³/mol. The van der Waals surface area contributed by atoms with Gasteiger partial charge in [0.15, 0.2) is 0 Å². The number of nitrogens with one attached hydrogen (secondary N) is 1. The second-order valence-corrected chi connectivity index (χ2v) is 10.1. The molecule has 3 heterocycles. The van der Waals surface area contributed by atoms with Crippen LogP contribution in [-0.4, -0.2) is 50.1 Å². The summed E-state index contributed by atoms with van der Waals surface area (Å²) < 4.78 is 5.46. The van der Waals surface area contributed by atoms with Gasteiger partial charge in [0, 0.05) is 29.1 Å². The molecule has 1 aliphatic heterocycles. The third-order valence-corrected chi connectivity index (χ3v) is 6.60. The van der Waals surface area contributed by atoms with E-state index in [2.05, 4.69) is 25.7 Å². The molecule has 2 aromatic heterocycles. The average Bonchev–Trinajstić information content (AvgIpc) is 3.44. The Kier molecular flexibility index (Phi) is 6.25. The van der Waals surface area contributed by atoms with Crippen LogP contribution in [0, 0.1) is 0 Å². The number of halogens is 1. The van der Waals surface area contributed by atoms with Crippen LogP contribution < -0.4 is 5.32 Å². The predicted octanol–water partition coefficient (Wildman–Crippen LogP) is 3.88. The first kappa shape index (κ1) is 22.3. The van der Waals surface area contributed by atoms with Crippen LogP contribution in [0.15, 0.2) is 28.8 Å². The van der Waals surface area contributed by atoms with Gasteiger partial charge in [-0.25, -0.2) is 0 Å². The van der Waals surface area contributed by atoms with Crippen molar-refractivity contribution in [1.82, 2.24) is 25.2 Å². The van der Waals surface area contributed by atoms with Gasteiger partial charge in [-0.1, -0.05) is 48.9 Å². The van der Waals surface area contributed by atoms with Crippen molar-refractivity contribution in [2.75, 3.05) is 18.4 Å². The van der Waals surface area contributed by atoms with Crippen LogP contribution in [-0.2, 0) is 15.0 Å². The van der Waals surface area contributed by atoms with E-state index >= 15 is 0 Å². The standard InChI is InChI=1S/C21H23ClN6O3S/c1-21(2,3)19-25-26-20(32-19)24-16(29)18(30)28-10-4-5-13(11-28)17-23-15(27-31-17)12-6-8-14(22)9-7-12/h6-9,13H,4-5,10-11H2,1-3H3,(H,24,26,29). The van der Waals surface area contributed by atoms with E-state index in [9.17, 15) is 9.59 Å². The molecule has 0 spiro atoms. The fourth-order valence-corrected chi connectivity index (χ4v) is 4.27. The summed E-state index contributed by atoms with van der Waals surface area (Å²) in [5, 5.41) is 16.4. The minimum Gasteiger partial charge on any atom is -0.339 e. The van der Waals surface area contributed by atoms with E-state index < -0.39 is 11.8 Å². The van der Waals surface area contributed by atoms with Gasteiger partial charge in [0.05, 0.1) is 5.92 Å². The van der Waals surface area contributed by atoms with E-state index in [-0.39, 0.29) is 11.3 Å². The molecule has 0 saturated carbocycles. The number of aromatic nitrogens is 4. The van der Waals surface area contributed by atoms with Crippen LogP contribution in [0.1, 0.15) is 50.4 Å². The number of amides is 2. The summed E-state index contributed by atoms with van der Waals surface area (Å²) in [7, 11) is 0. The molecule has 168 valence electrons. The molecule has 0 radical (unpaired) electrons. The van der Waals surface area contributed by atoms with Crippen LogP contribution in [0.2, 0.25) is 5.02 Å². The lowest BCUT2D eigenvalue weighted by atomic mass is 9.98. The maximum absolute atomic E-state index is 12.7. The summed E-state index contributed by atoms with van der Waals surface area (Å²) in [4.78, 5) is 31.2. The molecule has 3 aromatic rings. The quantitative estimate of drug-likeness (QED) is 0.573. The molecule has 1 aliphatic rings. The number of carbonyl (C=O) groups is 2. The number of hydrogen-bond acceptors (Lipinski definition) is 8. The fourth-order valence-electron chi connectivity index (χ4n) is 3.35. The van der Waals surface area contributed by atoms with Crippen molar-refractivity contribution in [2.45, 2.75) is 44.9 Å².